The second-order valence-electron chi connectivity index (χ2n) is 5.83. The number of hydrogen-bond acceptors (Lipinski definition) is 4. The standard InChI is InChI=1S/C14H24N2O3S/c1-9-7-16(8-10(9)2)20(17,18)14-12(4)19-11(3)13(14)6-15-5/h9-10,15H,6-8H2,1-5H3. The summed E-state index contributed by atoms with van der Waals surface area (Å²) >= 11 is 0. The van der Waals surface area contributed by atoms with Gasteiger partial charge in [0.1, 0.15) is 16.4 Å². The van der Waals surface area contributed by atoms with Gasteiger partial charge in [0.2, 0.25) is 10.0 Å². The summed E-state index contributed by atoms with van der Waals surface area (Å²) in [7, 11) is -1.66. The van der Waals surface area contributed by atoms with Crippen LogP contribution in [0.4, 0.5) is 0 Å². The number of nitrogens with zero attached hydrogens (tertiary/aromatic N) is 1. The van der Waals surface area contributed by atoms with E-state index in [0.29, 0.717) is 47.9 Å². The third-order valence-electron chi connectivity index (χ3n) is 4.23. The molecule has 20 heavy (non-hydrogen) atoms. The molecule has 0 amide bonds. The first-order valence-corrected chi connectivity index (χ1v) is 8.46. The minimum Gasteiger partial charge on any atom is -0.465 e. The van der Waals surface area contributed by atoms with Crippen LogP contribution in [0.5, 0.6) is 0 Å². The van der Waals surface area contributed by atoms with Crippen LogP contribution in [0.1, 0.15) is 30.9 Å². The molecule has 1 aliphatic rings. The molecular formula is C14H24N2O3S. The van der Waals surface area contributed by atoms with Crippen LogP contribution in [0, 0.1) is 25.7 Å². The SMILES string of the molecule is CNCc1c(C)oc(C)c1S(=O)(=O)N1CC(C)C(C)C1. The van der Waals surface area contributed by atoms with Gasteiger partial charge in [-0.3, -0.25) is 0 Å². The first-order chi connectivity index (χ1) is 9.28. The average molecular weight is 300 g/mol. The summed E-state index contributed by atoms with van der Waals surface area (Å²) in [5.41, 5.74) is 0.747. The van der Waals surface area contributed by atoms with Crippen LogP contribution in [0.25, 0.3) is 0 Å². The monoisotopic (exact) mass is 300 g/mol. The van der Waals surface area contributed by atoms with E-state index in [1.54, 1.807) is 18.3 Å². The zero-order chi connectivity index (χ0) is 15.1. The van der Waals surface area contributed by atoms with Crippen molar-refractivity contribution in [2.75, 3.05) is 20.1 Å². The van der Waals surface area contributed by atoms with Crippen molar-refractivity contribution in [3.05, 3.63) is 17.1 Å². The fourth-order valence-corrected chi connectivity index (χ4v) is 4.88. The molecule has 6 heteroatoms. The number of sulfonamides is 1. The fraction of sp³-hybridized carbons (Fsp3) is 0.714. The Hall–Kier alpha value is -0.850. The summed E-state index contributed by atoms with van der Waals surface area (Å²) in [5.74, 6) is 1.95. The maximum Gasteiger partial charge on any atom is 0.246 e. The molecule has 0 aromatic carbocycles. The van der Waals surface area contributed by atoms with Gasteiger partial charge in [-0.05, 0) is 32.7 Å². The Morgan fingerprint density at radius 2 is 1.75 bits per heavy atom. The highest BCUT2D eigenvalue weighted by atomic mass is 32.2. The molecule has 5 nitrogen and oxygen atoms in total. The second-order valence-corrected chi connectivity index (χ2v) is 7.70. The van der Waals surface area contributed by atoms with Crippen molar-refractivity contribution in [1.82, 2.24) is 9.62 Å². The molecule has 0 aliphatic carbocycles. The zero-order valence-electron chi connectivity index (χ0n) is 12.9. The molecule has 2 rings (SSSR count). The van der Waals surface area contributed by atoms with E-state index in [1.165, 1.54) is 0 Å². The molecule has 2 unspecified atom stereocenters. The van der Waals surface area contributed by atoms with Gasteiger partial charge >= 0.3 is 0 Å². The van der Waals surface area contributed by atoms with Crippen LogP contribution in [-0.2, 0) is 16.6 Å². The molecule has 2 atom stereocenters. The molecule has 0 radical (unpaired) electrons. The van der Waals surface area contributed by atoms with Crippen LogP contribution in [0.3, 0.4) is 0 Å². The van der Waals surface area contributed by atoms with Crippen molar-refractivity contribution in [3.63, 3.8) is 0 Å². The van der Waals surface area contributed by atoms with Crippen LogP contribution < -0.4 is 5.32 Å². The Morgan fingerprint density at radius 3 is 2.25 bits per heavy atom. The van der Waals surface area contributed by atoms with E-state index in [9.17, 15) is 8.42 Å². The minimum absolute atomic E-state index is 0.352. The van der Waals surface area contributed by atoms with E-state index in [4.69, 9.17) is 4.42 Å². The van der Waals surface area contributed by atoms with Crippen LogP contribution in [0.2, 0.25) is 0 Å². The lowest BCUT2D eigenvalue weighted by Gasteiger charge is -2.17. The van der Waals surface area contributed by atoms with Gasteiger partial charge in [-0.25, -0.2) is 8.42 Å². The molecule has 1 fully saturated rings. The van der Waals surface area contributed by atoms with E-state index in [-0.39, 0.29) is 0 Å². The molecule has 1 aromatic rings. The molecule has 1 aromatic heterocycles. The van der Waals surface area contributed by atoms with Gasteiger partial charge < -0.3 is 9.73 Å². The fourth-order valence-electron chi connectivity index (χ4n) is 2.83. The average Bonchev–Trinajstić information content (AvgIpc) is 2.82. The molecule has 1 N–H and O–H groups in total. The van der Waals surface area contributed by atoms with Crippen molar-refractivity contribution < 1.29 is 12.8 Å². The largest absolute Gasteiger partial charge is 0.465 e. The second kappa shape index (κ2) is 5.50. The third kappa shape index (κ3) is 2.52. The third-order valence-corrected chi connectivity index (χ3v) is 6.26. The minimum atomic E-state index is -3.47. The van der Waals surface area contributed by atoms with Gasteiger partial charge in [0.25, 0.3) is 0 Å². The highest BCUT2D eigenvalue weighted by molar-refractivity contribution is 7.89. The molecule has 1 aliphatic heterocycles. The summed E-state index contributed by atoms with van der Waals surface area (Å²) < 4.78 is 32.9. The Bertz CT molecular complexity index is 582. The lowest BCUT2D eigenvalue weighted by Crippen LogP contribution is -2.30. The van der Waals surface area contributed by atoms with Gasteiger partial charge in [0.05, 0.1) is 0 Å². The summed E-state index contributed by atoms with van der Waals surface area (Å²) in [5, 5.41) is 3.02. The smallest absolute Gasteiger partial charge is 0.246 e. The predicted molar refractivity (Wildman–Crippen MR) is 78.0 cm³/mol. The van der Waals surface area contributed by atoms with Gasteiger partial charge in [-0.1, -0.05) is 13.8 Å². The first kappa shape index (κ1) is 15.5. The van der Waals surface area contributed by atoms with Gasteiger partial charge in [-0.15, -0.1) is 0 Å². The van der Waals surface area contributed by atoms with Crippen LogP contribution >= 0.6 is 0 Å². The zero-order valence-corrected chi connectivity index (χ0v) is 13.7. The van der Waals surface area contributed by atoms with E-state index in [0.717, 1.165) is 5.56 Å². The summed E-state index contributed by atoms with van der Waals surface area (Å²) in [6.07, 6.45) is 0. The van der Waals surface area contributed by atoms with Crippen LogP contribution in [-0.4, -0.2) is 32.9 Å². The number of nitrogens with one attached hydrogen (secondary N) is 1. The summed E-state index contributed by atoms with van der Waals surface area (Å²) in [6, 6.07) is 0. The lowest BCUT2D eigenvalue weighted by atomic mass is 10.0. The van der Waals surface area contributed by atoms with Crippen molar-refractivity contribution in [2.45, 2.75) is 39.1 Å². The Kier molecular flexibility index (Phi) is 4.27. The molecule has 2 heterocycles. The number of aryl methyl sites for hydroxylation is 2. The Morgan fingerprint density at radius 1 is 1.20 bits per heavy atom. The summed E-state index contributed by atoms with van der Waals surface area (Å²) in [6.45, 7) is 9.41. The number of rotatable bonds is 4. The number of furan rings is 1. The molecule has 0 bridgehead atoms. The molecule has 0 saturated carbocycles. The van der Waals surface area contributed by atoms with Gasteiger partial charge in [0.15, 0.2) is 0 Å². The molecule has 1 saturated heterocycles. The Balaban J connectivity index is 2.45. The van der Waals surface area contributed by atoms with E-state index in [1.807, 2.05) is 6.92 Å². The highest BCUT2D eigenvalue weighted by Crippen LogP contribution is 2.33. The number of hydrogen-bond donors (Lipinski definition) is 1. The van der Waals surface area contributed by atoms with Gasteiger partial charge in [0, 0.05) is 25.2 Å². The maximum absolute atomic E-state index is 12.9. The molecular weight excluding hydrogens is 276 g/mol. The van der Waals surface area contributed by atoms with Crippen molar-refractivity contribution in [3.8, 4) is 0 Å². The molecule has 0 spiro atoms. The van der Waals surface area contributed by atoms with E-state index >= 15 is 0 Å². The predicted octanol–water partition coefficient (Wildman–Crippen LogP) is 1.89. The maximum atomic E-state index is 12.9. The van der Waals surface area contributed by atoms with Crippen molar-refractivity contribution in [1.29, 1.82) is 0 Å². The molecule has 114 valence electrons. The van der Waals surface area contributed by atoms with E-state index in [2.05, 4.69) is 19.2 Å². The van der Waals surface area contributed by atoms with Gasteiger partial charge in [-0.2, -0.15) is 4.31 Å². The quantitative estimate of drug-likeness (QED) is 0.922. The topological polar surface area (TPSA) is 62.6 Å². The van der Waals surface area contributed by atoms with Crippen LogP contribution in [0.15, 0.2) is 9.31 Å². The Labute approximate surface area is 121 Å². The highest BCUT2D eigenvalue weighted by Gasteiger charge is 2.38. The summed E-state index contributed by atoms with van der Waals surface area (Å²) in [4.78, 5) is 0.352. The van der Waals surface area contributed by atoms with E-state index < -0.39 is 10.0 Å². The normalized spacial score (nSPS) is 24.4. The van der Waals surface area contributed by atoms with Crippen molar-refractivity contribution in [2.24, 2.45) is 11.8 Å². The lowest BCUT2D eigenvalue weighted by molar-refractivity contribution is 0.456. The first-order valence-electron chi connectivity index (χ1n) is 7.02. The van der Waals surface area contributed by atoms with Crippen molar-refractivity contribution >= 4 is 10.0 Å².